The van der Waals surface area contributed by atoms with Crippen molar-refractivity contribution in [1.29, 1.82) is 0 Å². The predicted molar refractivity (Wildman–Crippen MR) is 98.2 cm³/mol. The molecule has 0 aromatic heterocycles. The highest BCUT2D eigenvalue weighted by atomic mass is 16.6. The van der Waals surface area contributed by atoms with Crippen LogP contribution in [-0.2, 0) is 4.84 Å². The van der Waals surface area contributed by atoms with Gasteiger partial charge in [-0.1, -0.05) is 23.4 Å². The van der Waals surface area contributed by atoms with Crippen LogP contribution in [0.25, 0.3) is 0 Å². The van der Waals surface area contributed by atoms with Gasteiger partial charge in [-0.25, -0.2) is 0 Å². The molecule has 2 N–H and O–H groups in total. The fraction of sp³-hybridized carbons (Fsp3) is 0.211. The topological polar surface area (TPSA) is 79.8 Å². The third-order valence-corrected chi connectivity index (χ3v) is 3.57. The number of nitrogens with zero attached hydrogens (tertiary/aromatic N) is 1. The number of nitrogens with one attached hydrogen (secondary N) is 2. The number of carbonyl (C=O) groups is 2. The Balaban J connectivity index is 2.15. The number of carbonyl (C=O) groups excluding carboxylic acids is 2. The SMILES string of the molecule is CCNC(=O)c1ccc(C)c(NC(=O)c2ccc(/C=N/OC)cc2)c1. The zero-order valence-electron chi connectivity index (χ0n) is 14.5. The lowest BCUT2D eigenvalue weighted by Crippen LogP contribution is -2.23. The molecule has 0 fully saturated rings. The Kier molecular flexibility index (Phi) is 6.28. The maximum Gasteiger partial charge on any atom is 0.255 e. The van der Waals surface area contributed by atoms with Gasteiger partial charge in [0.25, 0.3) is 11.8 Å². The molecule has 0 bridgehead atoms. The number of rotatable bonds is 6. The number of hydrogen-bond acceptors (Lipinski definition) is 4. The van der Waals surface area contributed by atoms with Crippen molar-refractivity contribution < 1.29 is 14.4 Å². The first-order valence-electron chi connectivity index (χ1n) is 7.92. The predicted octanol–water partition coefficient (Wildman–Crippen LogP) is 2.98. The van der Waals surface area contributed by atoms with E-state index in [2.05, 4.69) is 20.6 Å². The van der Waals surface area contributed by atoms with Crippen molar-refractivity contribution in [1.82, 2.24) is 5.32 Å². The smallest absolute Gasteiger partial charge is 0.255 e. The van der Waals surface area contributed by atoms with E-state index in [9.17, 15) is 9.59 Å². The number of benzene rings is 2. The largest absolute Gasteiger partial charge is 0.399 e. The summed E-state index contributed by atoms with van der Waals surface area (Å²) in [6.07, 6.45) is 1.56. The van der Waals surface area contributed by atoms with Gasteiger partial charge in [0.05, 0.1) is 6.21 Å². The van der Waals surface area contributed by atoms with Crippen LogP contribution in [0.4, 0.5) is 5.69 Å². The monoisotopic (exact) mass is 339 g/mol. The molecule has 130 valence electrons. The molecule has 25 heavy (non-hydrogen) atoms. The lowest BCUT2D eigenvalue weighted by Gasteiger charge is -2.11. The zero-order chi connectivity index (χ0) is 18.2. The molecule has 0 radical (unpaired) electrons. The van der Waals surface area contributed by atoms with Gasteiger partial charge >= 0.3 is 0 Å². The average Bonchev–Trinajstić information content (AvgIpc) is 2.62. The number of anilines is 1. The summed E-state index contributed by atoms with van der Waals surface area (Å²) in [6, 6.07) is 12.2. The van der Waals surface area contributed by atoms with Crippen LogP contribution in [0.15, 0.2) is 47.6 Å². The molecule has 0 aliphatic heterocycles. The van der Waals surface area contributed by atoms with Gasteiger partial charge in [0, 0.05) is 23.4 Å². The molecule has 0 aliphatic carbocycles. The van der Waals surface area contributed by atoms with Gasteiger partial charge in [0.15, 0.2) is 0 Å². The van der Waals surface area contributed by atoms with Gasteiger partial charge < -0.3 is 15.5 Å². The van der Waals surface area contributed by atoms with Crippen molar-refractivity contribution in [3.63, 3.8) is 0 Å². The van der Waals surface area contributed by atoms with Crippen LogP contribution in [-0.4, -0.2) is 31.7 Å². The Bertz CT molecular complexity index is 783. The zero-order valence-corrected chi connectivity index (χ0v) is 14.5. The molecular weight excluding hydrogens is 318 g/mol. The van der Waals surface area contributed by atoms with Crippen molar-refractivity contribution >= 4 is 23.7 Å². The minimum absolute atomic E-state index is 0.167. The number of oxime groups is 1. The van der Waals surface area contributed by atoms with E-state index in [-0.39, 0.29) is 11.8 Å². The summed E-state index contributed by atoms with van der Waals surface area (Å²) < 4.78 is 0. The average molecular weight is 339 g/mol. The minimum atomic E-state index is -0.244. The van der Waals surface area contributed by atoms with E-state index >= 15 is 0 Å². The molecule has 0 saturated heterocycles. The Hall–Kier alpha value is -3.15. The van der Waals surface area contributed by atoms with Crippen LogP contribution in [0, 0.1) is 6.92 Å². The second-order valence-corrected chi connectivity index (χ2v) is 5.38. The summed E-state index contributed by atoms with van der Waals surface area (Å²) >= 11 is 0. The van der Waals surface area contributed by atoms with Crippen LogP contribution >= 0.6 is 0 Å². The first-order valence-corrected chi connectivity index (χ1v) is 7.92. The van der Waals surface area contributed by atoms with E-state index in [1.807, 2.05) is 19.9 Å². The third-order valence-electron chi connectivity index (χ3n) is 3.57. The molecule has 0 spiro atoms. The van der Waals surface area contributed by atoms with Crippen molar-refractivity contribution in [2.45, 2.75) is 13.8 Å². The number of amides is 2. The van der Waals surface area contributed by atoms with Crippen molar-refractivity contribution in [3.05, 3.63) is 64.7 Å². The summed E-state index contributed by atoms with van der Waals surface area (Å²) in [6.45, 7) is 4.28. The van der Waals surface area contributed by atoms with Gasteiger partial charge in [-0.2, -0.15) is 0 Å². The number of hydrogen-bond donors (Lipinski definition) is 2. The number of aryl methyl sites for hydroxylation is 1. The Morgan fingerprint density at radius 3 is 2.40 bits per heavy atom. The highest BCUT2D eigenvalue weighted by Crippen LogP contribution is 2.18. The van der Waals surface area contributed by atoms with E-state index in [1.165, 1.54) is 7.11 Å². The highest BCUT2D eigenvalue weighted by molar-refractivity contribution is 6.05. The van der Waals surface area contributed by atoms with Crippen LogP contribution < -0.4 is 10.6 Å². The first-order chi connectivity index (χ1) is 12.0. The fourth-order valence-electron chi connectivity index (χ4n) is 2.19. The molecule has 6 heteroatoms. The standard InChI is InChI=1S/C19H21N3O3/c1-4-20-18(23)16-8-5-13(2)17(11-16)22-19(24)15-9-6-14(7-10-15)12-21-25-3/h5-12H,4H2,1-3H3,(H,20,23)(H,22,24)/b21-12+. The summed E-state index contributed by atoms with van der Waals surface area (Å²) in [7, 11) is 1.47. The maximum atomic E-state index is 12.4. The van der Waals surface area contributed by atoms with Gasteiger partial charge in [-0.15, -0.1) is 0 Å². The minimum Gasteiger partial charge on any atom is -0.399 e. The van der Waals surface area contributed by atoms with E-state index in [1.54, 1.807) is 42.6 Å². The van der Waals surface area contributed by atoms with Gasteiger partial charge in [-0.3, -0.25) is 9.59 Å². The lowest BCUT2D eigenvalue weighted by atomic mass is 10.1. The van der Waals surface area contributed by atoms with Crippen molar-refractivity contribution in [3.8, 4) is 0 Å². The Morgan fingerprint density at radius 1 is 1.08 bits per heavy atom. The maximum absolute atomic E-state index is 12.4. The second kappa shape index (κ2) is 8.63. The highest BCUT2D eigenvalue weighted by Gasteiger charge is 2.11. The van der Waals surface area contributed by atoms with E-state index in [0.717, 1.165) is 11.1 Å². The van der Waals surface area contributed by atoms with E-state index in [4.69, 9.17) is 0 Å². The molecule has 2 rings (SSSR count). The van der Waals surface area contributed by atoms with Gasteiger partial charge in [-0.05, 0) is 49.2 Å². The molecule has 0 unspecified atom stereocenters. The normalized spacial score (nSPS) is 10.5. The Labute approximate surface area is 146 Å². The van der Waals surface area contributed by atoms with Gasteiger partial charge in [0.1, 0.15) is 7.11 Å². The second-order valence-electron chi connectivity index (χ2n) is 5.38. The molecule has 2 aromatic rings. The van der Waals surface area contributed by atoms with E-state index in [0.29, 0.717) is 23.4 Å². The van der Waals surface area contributed by atoms with Crippen LogP contribution in [0.5, 0.6) is 0 Å². The molecule has 0 atom stereocenters. The summed E-state index contributed by atoms with van der Waals surface area (Å²) in [5, 5.41) is 9.27. The fourth-order valence-corrected chi connectivity index (χ4v) is 2.19. The molecule has 6 nitrogen and oxygen atoms in total. The molecule has 0 saturated carbocycles. The van der Waals surface area contributed by atoms with E-state index < -0.39 is 0 Å². The van der Waals surface area contributed by atoms with Gasteiger partial charge in [0.2, 0.25) is 0 Å². The molecule has 0 heterocycles. The Morgan fingerprint density at radius 2 is 1.76 bits per heavy atom. The van der Waals surface area contributed by atoms with Crippen LogP contribution in [0.2, 0.25) is 0 Å². The van der Waals surface area contributed by atoms with Crippen LogP contribution in [0.1, 0.15) is 38.8 Å². The molecular formula is C19H21N3O3. The summed E-state index contributed by atoms with van der Waals surface area (Å²) in [5.74, 6) is -0.411. The summed E-state index contributed by atoms with van der Waals surface area (Å²) in [5.41, 5.74) is 3.34. The molecule has 0 aliphatic rings. The quantitative estimate of drug-likeness (QED) is 0.627. The van der Waals surface area contributed by atoms with Crippen molar-refractivity contribution in [2.75, 3.05) is 19.0 Å². The first kappa shape index (κ1) is 18.2. The summed E-state index contributed by atoms with van der Waals surface area (Å²) in [4.78, 5) is 29.0. The van der Waals surface area contributed by atoms with Crippen LogP contribution in [0.3, 0.4) is 0 Å². The van der Waals surface area contributed by atoms with Crippen molar-refractivity contribution in [2.24, 2.45) is 5.16 Å². The molecule has 2 aromatic carbocycles. The third kappa shape index (κ3) is 4.91. The molecule has 2 amide bonds. The lowest BCUT2D eigenvalue weighted by molar-refractivity contribution is 0.0954.